The Morgan fingerprint density at radius 1 is 1.18 bits per heavy atom. The maximum absolute atomic E-state index is 11.7. The fourth-order valence-corrected chi connectivity index (χ4v) is 2.51. The first kappa shape index (κ1) is 13.6. The van der Waals surface area contributed by atoms with Crippen LogP contribution in [0.2, 0.25) is 0 Å². The molecule has 0 heterocycles. The highest BCUT2D eigenvalue weighted by Gasteiger charge is 2.48. The average molecular weight is 236 g/mol. The van der Waals surface area contributed by atoms with Gasteiger partial charge in [-0.05, 0) is 29.5 Å². The van der Waals surface area contributed by atoms with Crippen LogP contribution in [-0.4, -0.2) is 16.2 Å². The van der Waals surface area contributed by atoms with E-state index in [1.165, 1.54) is 12.1 Å². The highest BCUT2D eigenvalue weighted by Crippen LogP contribution is 2.44. The maximum atomic E-state index is 11.7. The number of phenolic OH excluding ortho intramolecular Hbond substituents is 1. The first-order valence-electron chi connectivity index (χ1n) is 5.78. The zero-order valence-corrected chi connectivity index (χ0v) is 10.8. The van der Waals surface area contributed by atoms with Crippen LogP contribution in [0, 0.1) is 5.41 Å². The van der Waals surface area contributed by atoms with Gasteiger partial charge in [-0.3, -0.25) is 4.79 Å². The van der Waals surface area contributed by atoms with Crippen LogP contribution in [-0.2, 0) is 10.2 Å². The van der Waals surface area contributed by atoms with Crippen molar-refractivity contribution >= 4 is 5.97 Å². The Morgan fingerprint density at radius 2 is 1.65 bits per heavy atom. The lowest BCUT2D eigenvalue weighted by atomic mass is 9.61. The van der Waals surface area contributed by atoms with E-state index in [0.717, 1.165) is 5.56 Å². The molecule has 1 atom stereocenters. The molecular formula is C14H20O3. The lowest BCUT2D eigenvalue weighted by Gasteiger charge is -2.41. The van der Waals surface area contributed by atoms with Gasteiger partial charge >= 0.3 is 5.97 Å². The second-order valence-electron chi connectivity index (χ2n) is 5.36. The SMILES string of the molecule is CCC(C(=O)O)(c1ccc(O)cc1)C(C)(C)C. The molecule has 0 aliphatic carbocycles. The van der Waals surface area contributed by atoms with Gasteiger partial charge in [-0.1, -0.05) is 39.8 Å². The number of phenols is 1. The van der Waals surface area contributed by atoms with Crippen LogP contribution < -0.4 is 0 Å². The monoisotopic (exact) mass is 236 g/mol. The van der Waals surface area contributed by atoms with Crippen molar-refractivity contribution < 1.29 is 15.0 Å². The zero-order valence-electron chi connectivity index (χ0n) is 10.8. The molecule has 2 N–H and O–H groups in total. The van der Waals surface area contributed by atoms with Gasteiger partial charge in [-0.25, -0.2) is 0 Å². The molecule has 3 nitrogen and oxygen atoms in total. The highest BCUT2D eigenvalue weighted by atomic mass is 16.4. The van der Waals surface area contributed by atoms with Crippen molar-refractivity contribution in [2.75, 3.05) is 0 Å². The quantitative estimate of drug-likeness (QED) is 0.847. The van der Waals surface area contributed by atoms with Gasteiger partial charge in [0.15, 0.2) is 0 Å². The summed E-state index contributed by atoms with van der Waals surface area (Å²) < 4.78 is 0. The van der Waals surface area contributed by atoms with Gasteiger partial charge in [0.25, 0.3) is 0 Å². The molecule has 94 valence electrons. The minimum absolute atomic E-state index is 0.151. The molecule has 0 fully saturated rings. The number of aliphatic carboxylic acids is 1. The Balaban J connectivity index is 3.43. The van der Waals surface area contributed by atoms with E-state index in [2.05, 4.69) is 0 Å². The van der Waals surface area contributed by atoms with Crippen molar-refractivity contribution in [3.05, 3.63) is 29.8 Å². The van der Waals surface area contributed by atoms with Crippen molar-refractivity contribution in [1.82, 2.24) is 0 Å². The number of benzene rings is 1. The molecular weight excluding hydrogens is 216 g/mol. The van der Waals surface area contributed by atoms with Gasteiger partial charge in [0.05, 0.1) is 5.41 Å². The molecule has 0 aromatic heterocycles. The molecule has 0 spiro atoms. The largest absolute Gasteiger partial charge is 0.508 e. The van der Waals surface area contributed by atoms with Crippen LogP contribution in [0.15, 0.2) is 24.3 Å². The zero-order chi connectivity index (χ0) is 13.3. The van der Waals surface area contributed by atoms with Crippen LogP contribution in [0.25, 0.3) is 0 Å². The number of carbonyl (C=O) groups is 1. The third-order valence-corrected chi connectivity index (χ3v) is 3.54. The second kappa shape index (κ2) is 4.40. The molecule has 0 bridgehead atoms. The summed E-state index contributed by atoms with van der Waals surface area (Å²) in [6.45, 7) is 7.67. The Bertz CT molecular complexity index is 400. The summed E-state index contributed by atoms with van der Waals surface area (Å²) >= 11 is 0. The van der Waals surface area contributed by atoms with Crippen LogP contribution in [0.4, 0.5) is 0 Å². The molecule has 0 aliphatic heterocycles. The molecule has 1 unspecified atom stereocenters. The third kappa shape index (κ3) is 2.14. The van der Waals surface area contributed by atoms with Crippen LogP contribution in [0.5, 0.6) is 5.75 Å². The minimum atomic E-state index is -0.930. The average Bonchev–Trinajstić information content (AvgIpc) is 2.19. The molecule has 0 saturated carbocycles. The van der Waals surface area contributed by atoms with Gasteiger partial charge in [0, 0.05) is 0 Å². The van der Waals surface area contributed by atoms with Crippen molar-refractivity contribution in [2.45, 2.75) is 39.5 Å². The van der Waals surface area contributed by atoms with Crippen LogP contribution in [0.3, 0.4) is 0 Å². The number of carboxylic acid groups (broad SMARTS) is 1. The summed E-state index contributed by atoms with van der Waals surface area (Å²) in [5, 5.41) is 18.9. The Morgan fingerprint density at radius 3 is 1.94 bits per heavy atom. The van der Waals surface area contributed by atoms with Gasteiger partial charge in [-0.15, -0.1) is 0 Å². The number of rotatable bonds is 3. The number of hydrogen-bond donors (Lipinski definition) is 2. The van der Waals surface area contributed by atoms with E-state index in [1.807, 2.05) is 27.7 Å². The molecule has 0 amide bonds. The number of aromatic hydroxyl groups is 1. The van der Waals surface area contributed by atoms with E-state index in [0.29, 0.717) is 6.42 Å². The van der Waals surface area contributed by atoms with Crippen molar-refractivity contribution in [3.8, 4) is 5.75 Å². The van der Waals surface area contributed by atoms with Crippen LogP contribution in [0.1, 0.15) is 39.7 Å². The summed E-state index contributed by atoms with van der Waals surface area (Å²) in [4.78, 5) is 11.7. The minimum Gasteiger partial charge on any atom is -0.508 e. The van der Waals surface area contributed by atoms with E-state index >= 15 is 0 Å². The van der Waals surface area contributed by atoms with Gasteiger partial charge in [0.1, 0.15) is 5.75 Å². The third-order valence-electron chi connectivity index (χ3n) is 3.54. The van der Waals surface area contributed by atoms with Crippen molar-refractivity contribution in [2.24, 2.45) is 5.41 Å². The van der Waals surface area contributed by atoms with Crippen LogP contribution >= 0.6 is 0 Å². The molecule has 1 aromatic rings. The molecule has 1 aromatic carbocycles. The summed E-state index contributed by atoms with van der Waals surface area (Å²) in [7, 11) is 0. The smallest absolute Gasteiger partial charge is 0.314 e. The molecule has 1 rings (SSSR count). The molecule has 0 radical (unpaired) electrons. The molecule has 0 aliphatic rings. The van der Waals surface area contributed by atoms with Gasteiger partial charge in [-0.2, -0.15) is 0 Å². The first-order valence-corrected chi connectivity index (χ1v) is 5.78. The number of hydrogen-bond acceptors (Lipinski definition) is 2. The predicted octanol–water partition coefficient (Wildman–Crippen LogP) is 3.17. The van der Waals surface area contributed by atoms with Gasteiger partial charge in [0.2, 0.25) is 0 Å². The van der Waals surface area contributed by atoms with Gasteiger partial charge < -0.3 is 10.2 Å². The summed E-state index contributed by atoms with van der Waals surface area (Å²) in [6.07, 6.45) is 0.511. The van der Waals surface area contributed by atoms with E-state index in [9.17, 15) is 15.0 Å². The Kier molecular flexibility index (Phi) is 3.51. The van der Waals surface area contributed by atoms with E-state index in [1.54, 1.807) is 12.1 Å². The van der Waals surface area contributed by atoms with E-state index < -0.39 is 16.8 Å². The molecule has 0 saturated heterocycles. The lowest BCUT2D eigenvalue weighted by Crippen LogP contribution is -2.46. The summed E-state index contributed by atoms with van der Waals surface area (Å²) in [6, 6.07) is 6.46. The second-order valence-corrected chi connectivity index (χ2v) is 5.36. The first-order chi connectivity index (χ1) is 7.75. The van der Waals surface area contributed by atoms with E-state index in [-0.39, 0.29) is 5.75 Å². The standard InChI is InChI=1S/C14H20O3/c1-5-14(12(16)17,13(2,3)4)10-6-8-11(15)9-7-10/h6-9,15H,5H2,1-4H3,(H,16,17). The maximum Gasteiger partial charge on any atom is 0.314 e. The molecule has 17 heavy (non-hydrogen) atoms. The summed E-state index contributed by atoms with van der Waals surface area (Å²) in [5.74, 6) is -0.670. The normalized spacial score (nSPS) is 15.3. The fraction of sp³-hybridized carbons (Fsp3) is 0.500. The van der Waals surface area contributed by atoms with Crippen molar-refractivity contribution in [1.29, 1.82) is 0 Å². The Hall–Kier alpha value is -1.51. The lowest BCUT2D eigenvalue weighted by molar-refractivity contribution is -0.148. The topological polar surface area (TPSA) is 57.5 Å². The van der Waals surface area contributed by atoms with E-state index in [4.69, 9.17) is 0 Å². The van der Waals surface area contributed by atoms with Crippen molar-refractivity contribution in [3.63, 3.8) is 0 Å². The Labute approximate surface area is 102 Å². The molecule has 3 heteroatoms. The highest BCUT2D eigenvalue weighted by molar-refractivity contribution is 5.82. The fourth-order valence-electron chi connectivity index (χ4n) is 2.51. The predicted molar refractivity (Wildman–Crippen MR) is 67.2 cm³/mol. The summed E-state index contributed by atoms with van der Waals surface area (Å²) in [5.41, 5.74) is -0.594. The number of carboxylic acids is 1.